The van der Waals surface area contributed by atoms with Crippen LogP contribution in [0.4, 0.5) is 0 Å². The van der Waals surface area contributed by atoms with Crippen LogP contribution in [0.2, 0.25) is 0 Å². The van der Waals surface area contributed by atoms with Crippen molar-refractivity contribution in [2.24, 2.45) is 5.73 Å². The lowest BCUT2D eigenvalue weighted by atomic mass is 9.83. The molecule has 0 amide bonds. The molecule has 0 unspecified atom stereocenters. The number of rotatable bonds is 2. The lowest BCUT2D eigenvalue weighted by Crippen LogP contribution is -2.26. The molecule has 5 heteroatoms. The Morgan fingerprint density at radius 3 is 2.27 bits per heavy atom. The van der Waals surface area contributed by atoms with Crippen LogP contribution in [-0.4, -0.2) is 0 Å². The highest BCUT2D eigenvalue weighted by Gasteiger charge is 2.35. The molecule has 5 rings (SSSR count). The van der Waals surface area contributed by atoms with Crippen molar-refractivity contribution in [2.75, 3.05) is 0 Å². The van der Waals surface area contributed by atoms with Crippen LogP contribution in [0.25, 0.3) is 22.1 Å². The molecule has 0 aliphatic carbocycles. The Balaban J connectivity index is 1.71. The summed E-state index contributed by atoms with van der Waals surface area (Å²) in [5.74, 6) is -0.321. The molecule has 1 aliphatic rings. The summed E-state index contributed by atoms with van der Waals surface area (Å²) in [5.41, 5.74) is 9.32. The second-order valence-corrected chi connectivity index (χ2v) is 7.04. The molecular formula is C25H16N2O3. The molecule has 0 radical (unpaired) electrons. The summed E-state index contributed by atoms with van der Waals surface area (Å²) < 4.78 is 11.3. The molecule has 30 heavy (non-hydrogen) atoms. The van der Waals surface area contributed by atoms with Crippen LogP contribution in [0, 0.1) is 11.3 Å². The normalized spacial score (nSPS) is 15.4. The maximum Gasteiger partial charge on any atom is 0.344 e. The topological polar surface area (TPSA) is 89.3 Å². The van der Waals surface area contributed by atoms with Gasteiger partial charge in [-0.25, -0.2) is 4.79 Å². The first-order chi connectivity index (χ1) is 14.7. The molecule has 0 saturated heterocycles. The summed E-state index contributed by atoms with van der Waals surface area (Å²) in [4.78, 5) is 12.9. The van der Waals surface area contributed by atoms with E-state index in [1.807, 2.05) is 60.7 Å². The van der Waals surface area contributed by atoms with Gasteiger partial charge in [0.05, 0.1) is 16.9 Å². The summed E-state index contributed by atoms with van der Waals surface area (Å²) in [6.07, 6.45) is 0. The summed E-state index contributed by atoms with van der Waals surface area (Å²) in [5, 5.41) is 10.4. The summed E-state index contributed by atoms with van der Waals surface area (Å²) in [7, 11) is 0. The van der Waals surface area contributed by atoms with Gasteiger partial charge in [-0.2, -0.15) is 5.26 Å². The average Bonchev–Trinajstić information content (AvgIpc) is 2.79. The van der Waals surface area contributed by atoms with Crippen LogP contribution in [0.3, 0.4) is 0 Å². The predicted octanol–water partition coefficient (Wildman–Crippen LogP) is 4.68. The van der Waals surface area contributed by atoms with E-state index in [1.165, 1.54) is 0 Å². The third kappa shape index (κ3) is 2.75. The Bertz CT molecular complexity index is 1390. The van der Waals surface area contributed by atoms with Gasteiger partial charge >= 0.3 is 5.63 Å². The summed E-state index contributed by atoms with van der Waals surface area (Å²) in [6.45, 7) is 0. The van der Waals surface area contributed by atoms with Crippen LogP contribution in [0.1, 0.15) is 17.0 Å². The van der Waals surface area contributed by atoms with Crippen molar-refractivity contribution in [1.29, 1.82) is 5.26 Å². The average molecular weight is 392 g/mol. The Hall–Kier alpha value is -4.30. The summed E-state index contributed by atoms with van der Waals surface area (Å²) >= 11 is 0. The van der Waals surface area contributed by atoms with Gasteiger partial charge < -0.3 is 14.9 Å². The lowest BCUT2D eigenvalue weighted by Gasteiger charge is -2.26. The van der Waals surface area contributed by atoms with Crippen LogP contribution >= 0.6 is 0 Å². The van der Waals surface area contributed by atoms with Crippen molar-refractivity contribution in [3.8, 4) is 22.9 Å². The smallest absolute Gasteiger partial charge is 0.344 e. The van der Waals surface area contributed by atoms with Crippen LogP contribution < -0.4 is 16.1 Å². The maximum absolute atomic E-state index is 12.9. The van der Waals surface area contributed by atoms with Gasteiger partial charge in [0, 0.05) is 0 Å². The zero-order valence-corrected chi connectivity index (χ0v) is 15.8. The molecular weight excluding hydrogens is 376 g/mol. The van der Waals surface area contributed by atoms with Gasteiger partial charge in [-0.3, -0.25) is 0 Å². The number of para-hydroxylation sites is 1. The molecule has 1 aliphatic heterocycles. The highest BCUT2D eigenvalue weighted by atomic mass is 16.5. The number of nitrogens with two attached hydrogens (primary N) is 1. The van der Waals surface area contributed by atoms with Crippen LogP contribution in [0.15, 0.2) is 99.5 Å². The highest BCUT2D eigenvalue weighted by Crippen LogP contribution is 2.43. The molecule has 0 spiro atoms. The van der Waals surface area contributed by atoms with Crippen molar-refractivity contribution in [2.45, 2.75) is 5.92 Å². The SMILES string of the molecule is N#CC1=C(N)Oc2c(c(=O)oc3ccccc23)[C@H]1c1ccc(-c2ccccc2)cc1. The fourth-order valence-electron chi connectivity index (χ4n) is 3.90. The van der Waals surface area contributed by atoms with E-state index in [0.29, 0.717) is 16.7 Å². The van der Waals surface area contributed by atoms with Gasteiger partial charge in [0.2, 0.25) is 5.88 Å². The first-order valence-corrected chi connectivity index (χ1v) is 9.46. The number of nitriles is 1. The number of hydrogen-bond acceptors (Lipinski definition) is 5. The third-order valence-corrected chi connectivity index (χ3v) is 5.33. The van der Waals surface area contributed by atoms with Crippen molar-refractivity contribution in [3.63, 3.8) is 0 Å². The molecule has 0 bridgehead atoms. The zero-order chi connectivity index (χ0) is 20.7. The monoisotopic (exact) mass is 392 g/mol. The predicted molar refractivity (Wildman–Crippen MR) is 114 cm³/mol. The van der Waals surface area contributed by atoms with E-state index in [4.69, 9.17) is 14.9 Å². The zero-order valence-electron chi connectivity index (χ0n) is 15.8. The molecule has 4 aromatic rings. The minimum Gasteiger partial charge on any atom is -0.439 e. The van der Waals surface area contributed by atoms with E-state index < -0.39 is 11.5 Å². The van der Waals surface area contributed by atoms with Gasteiger partial charge in [0.15, 0.2) is 5.75 Å². The molecule has 1 aromatic heterocycles. The molecule has 0 saturated carbocycles. The molecule has 3 aromatic carbocycles. The number of benzene rings is 3. The van der Waals surface area contributed by atoms with E-state index in [1.54, 1.807) is 18.2 Å². The molecule has 5 nitrogen and oxygen atoms in total. The van der Waals surface area contributed by atoms with Crippen LogP contribution in [0.5, 0.6) is 5.75 Å². The first kappa shape index (κ1) is 17.8. The van der Waals surface area contributed by atoms with Crippen molar-refractivity contribution < 1.29 is 9.15 Å². The second kappa shape index (κ2) is 6.94. The van der Waals surface area contributed by atoms with E-state index in [-0.39, 0.29) is 17.0 Å². The standard InChI is InChI=1S/C25H16N2O3/c26-14-19-21(17-12-10-16(11-13-17)15-6-2-1-3-7-15)22-23(30-24(19)27)18-8-4-5-9-20(18)29-25(22)28/h1-13,21H,27H2/t21-/m0/s1. The van der Waals surface area contributed by atoms with Gasteiger partial charge in [-0.05, 0) is 28.8 Å². The molecule has 144 valence electrons. The molecule has 0 fully saturated rings. The highest BCUT2D eigenvalue weighted by molar-refractivity contribution is 5.86. The van der Waals surface area contributed by atoms with Gasteiger partial charge in [0.25, 0.3) is 0 Å². The molecule has 2 N–H and O–H groups in total. The molecule has 1 atom stereocenters. The Kier molecular flexibility index (Phi) is 4.11. The quantitative estimate of drug-likeness (QED) is 0.501. The van der Waals surface area contributed by atoms with Crippen molar-refractivity contribution >= 4 is 11.0 Å². The van der Waals surface area contributed by atoms with Crippen molar-refractivity contribution in [3.05, 3.63) is 112 Å². The van der Waals surface area contributed by atoms with Crippen molar-refractivity contribution in [1.82, 2.24) is 0 Å². The van der Waals surface area contributed by atoms with E-state index in [2.05, 4.69) is 6.07 Å². The van der Waals surface area contributed by atoms with Crippen LogP contribution in [-0.2, 0) is 0 Å². The summed E-state index contributed by atoms with van der Waals surface area (Å²) in [6, 6.07) is 26.9. The van der Waals surface area contributed by atoms with Gasteiger partial charge in [-0.15, -0.1) is 0 Å². The van der Waals surface area contributed by atoms with E-state index in [9.17, 15) is 10.1 Å². The Morgan fingerprint density at radius 2 is 1.53 bits per heavy atom. The van der Waals surface area contributed by atoms with Gasteiger partial charge in [0.1, 0.15) is 17.2 Å². The number of hydrogen-bond donors (Lipinski definition) is 1. The fourth-order valence-corrected chi connectivity index (χ4v) is 3.90. The van der Waals surface area contributed by atoms with E-state index in [0.717, 1.165) is 16.7 Å². The van der Waals surface area contributed by atoms with Gasteiger partial charge in [-0.1, -0.05) is 66.7 Å². The number of fused-ring (bicyclic) bond motifs is 3. The fraction of sp³-hybridized carbons (Fsp3) is 0.0400. The molecule has 2 heterocycles. The second-order valence-electron chi connectivity index (χ2n) is 7.04. The minimum absolute atomic E-state index is 0.00195. The number of ether oxygens (including phenoxy) is 1. The maximum atomic E-state index is 12.9. The Morgan fingerprint density at radius 1 is 0.867 bits per heavy atom. The van der Waals surface area contributed by atoms with E-state index >= 15 is 0 Å². The lowest BCUT2D eigenvalue weighted by molar-refractivity contribution is 0.388. The number of allylic oxidation sites excluding steroid dienone is 1. The minimum atomic E-state index is -0.663. The third-order valence-electron chi connectivity index (χ3n) is 5.33. The largest absolute Gasteiger partial charge is 0.439 e. The first-order valence-electron chi connectivity index (χ1n) is 9.46. The Labute approximate surface area is 172 Å². The number of nitrogens with zero attached hydrogens (tertiary/aromatic N) is 1.